The Morgan fingerprint density at radius 1 is 1.18 bits per heavy atom. The van der Waals surface area contributed by atoms with Gasteiger partial charge >= 0.3 is 0 Å². The first kappa shape index (κ1) is 16.7. The molecule has 0 saturated carbocycles. The highest BCUT2D eigenvalue weighted by Gasteiger charge is 2.29. The molecule has 0 amide bonds. The molecule has 0 aromatic rings. The van der Waals surface area contributed by atoms with Crippen molar-refractivity contribution in [3.05, 3.63) is 0 Å². The zero-order valence-corrected chi connectivity index (χ0v) is 10.7. The van der Waals surface area contributed by atoms with E-state index in [9.17, 15) is 25.6 Å². The van der Waals surface area contributed by atoms with Crippen LogP contribution in [0.15, 0.2) is 0 Å². The first-order chi connectivity index (χ1) is 7.41. The van der Waals surface area contributed by atoms with Crippen molar-refractivity contribution in [2.75, 3.05) is 18.6 Å². The molecule has 0 aromatic carbocycles. The van der Waals surface area contributed by atoms with Crippen molar-refractivity contribution in [2.24, 2.45) is 0 Å². The van der Waals surface area contributed by atoms with E-state index in [1.807, 2.05) is 0 Å². The number of rotatable bonds is 8. The van der Waals surface area contributed by atoms with Crippen LogP contribution >= 0.6 is 0 Å². The highest BCUT2D eigenvalue weighted by atomic mass is 32.2. The first-order valence-electron chi connectivity index (χ1n) is 4.59. The predicted octanol–water partition coefficient (Wildman–Crippen LogP) is 0.656. The Bertz CT molecular complexity index is 387. The quantitative estimate of drug-likeness (QED) is 0.522. The molecule has 0 heterocycles. The van der Waals surface area contributed by atoms with E-state index in [1.165, 1.54) is 0 Å². The lowest BCUT2D eigenvalue weighted by Gasteiger charge is -2.15. The van der Waals surface area contributed by atoms with E-state index in [1.54, 1.807) is 0 Å². The molecule has 0 bridgehead atoms. The van der Waals surface area contributed by atoms with Crippen LogP contribution in [0.5, 0.6) is 0 Å². The van der Waals surface area contributed by atoms with Crippen LogP contribution in [0.3, 0.4) is 0 Å². The van der Waals surface area contributed by atoms with Gasteiger partial charge in [0.05, 0.1) is 18.6 Å². The van der Waals surface area contributed by atoms with Crippen LogP contribution in [0.2, 0.25) is 0 Å². The fourth-order valence-electron chi connectivity index (χ4n) is 0.981. The minimum Gasteiger partial charge on any atom is -0.286 e. The molecule has 104 valence electrons. The molecule has 0 spiro atoms. The summed E-state index contributed by atoms with van der Waals surface area (Å²) in [6.07, 6.45) is -1.26. The second-order valence-corrected chi connectivity index (χ2v) is 6.74. The van der Waals surface area contributed by atoms with E-state index < -0.39 is 57.8 Å². The number of alkyl halides is 2. The van der Waals surface area contributed by atoms with Crippen molar-refractivity contribution in [1.29, 1.82) is 0 Å². The third-order valence-corrected chi connectivity index (χ3v) is 3.11. The molecule has 0 aliphatic heterocycles. The van der Waals surface area contributed by atoms with Crippen molar-refractivity contribution in [3.8, 4) is 0 Å². The molecule has 0 aliphatic carbocycles. The molecule has 0 radical (unpaired) electrons. The normalized spacial score (nSPS) is 13.9. The van der Waals surface area contributed by atoms with Gasteiger partial charge in [-0.3, -0.25) is 8.74 Å². The van der Waals surface area contributed by atoms with Crippen LogP contribution in [0.25, 0.3) is 0 Å². The van der Waals surface area contributed by atoms with Gasteiger partial charge in [0.25, 0.3) is 20.2 Å². The fourth-order valence-corrected chi connectivity index (χ4v) is 1.88. The smallest absolute Gasteiger partial charge is 0.264 e. The highest BCUT2D eigenvalue weighted by Crippen LogP contribution is 2.24. The Hall–Kier alpha value is -0.320. The standard InChI is InChI=1S/C7H14F2O6S2/c1-16(10,11)15-5-4-7(8,9)3-2-6-17(12,13)14/h2-6H2,1H3,(H,12,13,14). The van der Waals surface area contributed by atoms with E-state index in [-0.39, 0.29) is 0 Å². The summed E-state index contributed by atoms with van der Waals surface area (Å²) in [6, 6.07) is 0. The molecule has 0 fully saturated rings. The maximum Gasteiger partial charge on any atom is 0.264 e. The van der Waals surface area contributed by atoms with Gasteiger partial charge in [-0.25, -0.2) is 8.78 Å². The summed E-state index contributed by atoms with van der Waals surface area (Å²) in [6.45, 7) is -0.669. The lowest BCUT2D eigenvalue weighted by atomic mass is 10.1. The van der Waals surface area contributed by atoms with Crippen molar-refractivity contribution in [2.45, 2.75) is 25.2 Å². The summed E-state index contributed by atoms with van der Waals surface area (Å²) >= 11 is 0. The molecule has 1 N–H and O–H groups in total. The largest absolute Gasteiger partial charge is 0.286 e. The summed E-state index contributed by atoms with van der Waals surface area (Å²) in [5.74, 6) is -3.98. The summed E-state index contributed by atoms with van der Waals surface area (Å²) in [5.41, 5.74) is 0. The Morgan fingerprint density at radius 3 is 2.12 bits per heavy atom. The third kappa shape index (κ3) is 11.9. The van der Waals surface area contributed by atoms with E-state index in [4.69, 9.17) is 4.55 Å². The highest BCUT2D eigenvalue weighted by molar-refractivity contribution is 7.86. The number of hydrogen-bond donors (Lipinski definition) is 1. The molecule has 0 aromatic heterocycles. The Kier molecular flexibility index (Phi) is 5.91. The van der Waals surface area contributed by atoms with Gasteiger partial charge in [0.15, 0.2) is 0 Å². The summed E-state index contributed by atoms with van der Waals surface area (Å²) < 4.78 is 80.0. The van der Waals surface area contributed by atoms with E-state index in [0.29, 0.717) is 0 Å². The van der Waals surface area contributed by atoms with Crippen molar-refractivity contribution in [3.63, 3.8) is 0 Å². The van der Waals surface area contributed by atoms with Gasteiger partial charge in [0.2, 0.25) is 5.92 Å². The van der Waals surface area contributed by atoms with Gasteiger partial charge in [0, 0.05) is 12.8 Å². The molecule has 10 heteroatoms. The lowest BCUT2D eigenvalue weighted by molar-refractivity contribution is -0.0259. The zero-order valence-electron chi connectivity index (χ0n) is 9.10. The topological polar surface area (TPSA) is 97.7 Å². The minimum absolute atomic E-state index is 0.412. The van der Waals surface area contributed by atoms with Crippen LogP contribution in [-0.4, -0.2) is 45.9 Å². The van der Waals surface area contributed by atoms with Crippen LogP contribution < -0.4 is 0 Å². The van der Waals surface area contributed by atoms with Crippen LogP contribution in [0.4, 0.5) is 8.78 Å². The minimum atomic E-state index is -4.25. The van der Waals surface area contributed by atoms with Gasteiger partial charge in [-0.15, -0.1) is 0 Å². The van der Waals surface area contributed by atoms with Gasteiger partial charge < -0.3 is 0 Å². The van der Waals surface area contributed by atoms with Crippen molar-refractivity contribution in [1.82, 2.24) is 0 Å². The van der Waals surface area contributed by atoms with Crippen LogP contribution in [0.1, 0.15) is 19.3 Å². The van der Waals surface area contributed by atoms with E-state index in [2.05, 4.69) is 4.18 Å². The zero-order chi connectivity index (χ0) is 13.7. The maximum atomic E-state index is 13.0. The van der Waals surface area contributed by atoms with Crippen LogP contribution in [0, 0.1) is 0 Å². The van der Waals surface area contributed by atoms with Gasteiger partial charge in [-0.2, -0.15) is 16.8 Å². The summed E-state index contributed by atoms with van der Waals surface area (Å²) in [4.78, 5) is 0. The second-order valence-electron chi connectivity index (χ2n) is 3.52. The molecular weight excluding hydrogens is 282 g/mol. The maximum absolute atomic E-state index is 13.0. The molecule has 0 rings (SSSR count). The first-order valence-corrected chi connectivity index (χ1v) is 8.01. The fraction of sp³-hybridized carbons (Fsp3) is 1.00. The lowest BCUT2D eigenvalue weighted by Crippen LogP contribution is -2.21. The Morgan fingerprint density at radius 2 is 1.71 bits per heavy atom. The number of halogens is 2. The third-order valence-electron chi connectivity index (χ3n) is 1.71. The Balaban J connectivity index is 3.96. The molecule has 0 unspecified atom stereocenters. The van der Waals surface area contributed by atoms with Crippen molar-refractivity contribution >= 4 is 20.2 Å². The van der Waals surface area contributed by atoms with Crippen LogP contribution in [-0.2, 0) is 24.4 Å². The molecule has 0 aliphatic rings. The molecular formula is C7H14F2O6S2. The number of hydrogen-bond acceptors (Lipinski definition) is 5. The van der Waals surface area contributed by atoms with Gasteiger partial charge in [-0.05, 0) is 6.42 Å². The SMILES string of the molecule is CS(=O)(=O)OCCC(F)(F)CCCS(=O)(=O)O. The summed E-state index contributed by atoms with van der Waals surface area (Å²) in [7, 11) is -8.01. The second kappa shape index (κ2) is 6.03. The Labute approximate surface area is 98.8 Å². The monoisotopic (exact) mass is 296 g/mol. The average molecular weight is 296 g/mol. The average Bonchev–Trinajstić information content (AvgIpc) is 1.96. The van der Waals surface area contributed by atoms with Crippen molar-refractivity contribution < 1.29 is 34.4 Å². The van der Waals surface area contributed by atoms with Gasteiger partial charge in [0.1, 0.15) is 0 Å². The molecule has 0 atom stereocenters. The summed E-state index contributed by atoms with van der Waals surface area (Å²) in [5, 5.41) is 0. The molecule has 6 nitrogen and oxygen atoms in total. The predicted molar refractivity (Wildman–Crippen MR) is 56.0 cm³/mol. The van der Waals surface area contributed by atoms with E-state index >= 15 is 0 Å². The van der Waals surface area contributed by atoms with Gasteiger partial charge in [-0.1, -0.05) is 0 Å². The molecule has 0 saturated heterocycles. The molecule has 17 heavy (non-hydrogen) atoms. The van der Waals surface area contributed by atoms with E-state index in [0.717, 1.165) is 6.26 Å².